The third-order valence-corrected chi connectivity index (χ3v) is 7.55. The van der Waals surface area contributed by atoms with Gasteiger partial charge in [-0.3, -0.25) is 14.2 Å². The number of rotatable bonds is 6. The van der Waals surface area contributed by atoms with Gasteiger partial charge in [0, 0.05) is 17.0 Å². The average Bonchev–Trinajstić information content (AvgIpc) is 3.14. The van der Waals surface area contributed by atoms with Crippen molar-refractivity contribution < 1.29 is 23.8 Å². The molecule has 8 nitrogen and oxygen atoms in total. The van der Waals surface area contributed by atoms with E-state index in [1.54, 1.807) is 51.3 Å². The number of esters is 2. The van der Waals surface area contributed by atoms with Crippen LogP contribution in [0.4, 0.5) is 0 Å². The smallest absolute Gasteiger partial charge is 0.338 e. The van der Waals surface area contributed by atoms with E-state index in [0.29, 0.717) is 36.4 Å². The summed E-state index contributed by atoms with van der Waals surface area (Å²) in [6.45, 7) is 4.94. The lowest BCUT2D eigenvalue weighted by Gasteiger charge is -2.24. The molecule has 1 aliphatic rings. The molecule has 0 bridgehead atoms. The van der Waals surface area contributed by atoms with Gasteiger partial charge >= 0.3 is 11.9 Å². The molecule has 4 rings (SSSR count). The number of fused-ring (bicyclic) bond motifs is 1. The lowest BCUT2D eigenvalue weighted by molar-refractivity contribution is -0.139. The summed E-state index contributed by atoms with van der Waals surface area (Å²) in [6.07, 6.45) is 1.64. The lowest BCUT2D eigenvalue weighted by atomic mass is 9.96. The Morgan fingerprint density at radius 3 is 2.51 bits per heavy atom. The summed E-state index contributed by atoms with van der Waals surface area (Å²) in [5.74, 6) is -0.0929. The summed E-state index contributed by atoms with van der Waals surface area (Å²) in [5, 5.41) is 0. The van der Waals surface area contributed by atoms with Gasteiger partial charge in [-0.15, -0.1) is 0 Å². The van der Waals surface area contributed by atoms with Crippen LogP contribution in [0.2, 0.25) is 0 Å². The first kappa shape index (κ1) is 27.0. The van der Waals surface area contributed by atoms with Gasteiger partial charge in [0.25, 0.3) is 5.56 Å². The Labute approximate surface area is 233 Å². The number of methoxy groups -OCH3 is 1. The maximum absolute atomic E-state index is 13.8. The molecule has 0 aliphatic carbocycles. The molecule has 1 aliphatic heterocycles. The second-order valence-corrected chi connectivity index (χ2v) is 10.8. The minimum absolute atomic E-state index is 0.187. The molecule has 2 aromatic carbocycles. The molecule has 192 valence electrons. The number of hydrogen-bond acceptors (Lipinski definition) is 8. The van der Waals surface area contributed by atoms with Crippen molar-refractivity contribution in [1.82, 2.24) is 4.57 Å². The van der Waals surface area contributed by atoms with E-state index < -0.39 is 18.0 Å². The molecule has 3 aromatic rings. The molecule has 1 atom stereocenters. The largest absolute Gasteiger partial charge is 0.497 e. The van der Waals surface area contributed by atoms with Crippen LogP contribution in [-0.4, -0.2) is 30.2 Å². The monoisotopic (exact) mass is 648 g/mol. The molecule has 2 heterocycles. The highest BCUT2D eigenvalue weighted by atomic mass is 79.9. The fraction of sp³-hybridized carbons (Fsp3) is 0.231. The van der Waals surface area contributed by atoms with E-state index >= 15 is 0 Å². The fourth-order valence-corrected chi connectivity index (χ4v) is 6.35. The Kier molecular flexibility index (Phi) is 8.15. The molecule has 0 saturated carbocycles. The standard InChI is InChI=1S/C26H22Br2N2O6S/c1-5-35-25(33)21-13(2)29-26-30(22(21)15-6-8-18(34-4)9-7-15)24(32)20(37-26)11-16-10-17(27)12-19(28)23(16)36-14(3)31/h6-12,22H,5H2,1-4H3/b20-11-/t22-/m1/s1. The Morgan fingerprint density at radius 1 is 1.19 bits per heavy atom. The van der Waals surface area contributed by atoms with Gasteiger partial charge in [0.1, 0.15) is 5.75 Å². The van der Waals surface area contributed by atoms with Gasteiger partial charge in [-0.2, -0.15) is 0 Å². The lowest BCUT2D eigenvalue weighted by Crippen LogP contribution is -2.39. The predicted molar refractivity (Wildman–Crippen MR) is 147 cm³/mol. The van der Waals surface area contributed by atoms with Crippen molar-refractivity contribution >= 4 is 61.2 Å². The zero-order chi connectivity index (χ0) is 26.9. The number of nitrogens with zero attached hydrogens (tertiary/aromatic N) is 2. The van der Waals surface area contributed by atoms with Crippen LogP contribution in [0.15, 0.2) is 66.4 Å². The van der Waals surface area contributed by atoms with Crippen LogP contribution in [0.25, 0.3) is 6.08 Å². The number of thiazole rings is 1. The molecule has 0 amide bonds. The average molecular weight is 650 g/mol. The van der Waals surface area contributed by atoms with Crippen molar-refractivity contribution in [1.29, 1.82) is 0 Å². The molecule has 0 saturated heterocycles. The highest BCUT2D eigenvalue weighted by Crippen LogP contribution is 2.34. The SMILES string of the molecule is CCOC(=O)C1=C(C)N=c2s/c(=C\c3cc(Br)cc(Br)c3OC(C)=O)c(=O)n2[C@@H]1c1ccc(OC)cc1. The van der Waals surface area contributed by atoms with Gasteiger partial charge in [-0.05, 0) is 65.7 Å². The van der Waals surface area contributed by atoms with Crippen LogP contribution < -0.4 is 24.4 Å². The number of halogens is 2. The van der Waals surface area contributed by atoms with Gasteiger partial charge in [-0.1, -0.05) is 39.4 Å². The summed E-state index contributed by atoms with van der Waals surface area (Å²) in [4.78, 5) is 43.6. The molecule has 1 aromatic heterocycles. The highest BCUT2D eigenvalue weighted by Gasteiger charge is 2.33. The summed E-state index contributed by atoms with van der Waals surface area (Å²) >= 11 is 8.04. The van der Waals surface area contributed by atoms with Gasteiger partial charge < -0.3 is 14.2 Å². The normalized spacial score (nSPS) is 15.2. The van der Waals surface area contributed by atoms with Gasteiger partial charge in [0.2, 0.25) is 0 Å². The molecular formula is C26H22Br2N2O6S. The maximum Gasteiger partial charge on any atom is 0.338 e. The van der Waals surface area contributed by atoms with Crippen molar-refractivity contribution in [2.75, 3.05) is 13.7 Å². The molecule has 0 fully saturated rings. The Balaban J connectivity index is 1.97. The van der Waals surface area contributed by atoms with Gasteiger partial charge in [0.05, 0.1) is 40.0 Å². The highest BCUT2D eigenvalue weighted by molar-refractivity contribution is 9.11. The van der Waals surface area contributed by atoms with Crippen LogP contribution in [0, 0.1) is 0 Å². The van der Waals surface area contributed by atoms with E-state index in [9.17, 15) is 14.4 Å². The summed E-state index contributed by atoms with van der Waals surface area (Å²) in [7, 11) is 1.57. The minimum atomic E-state index is -0.745. The van der Waals surface area contributed by atoms with Crippen LogP contribution in [0.1, 0.15) is 37.9 Å². The van der Waals surface area contributed by atoms with E-state index in [-0.39, 0.29) is 23.5 Å². The number of carbonyl (C=O) groups is 2. The van der Waals surface area contributed by atoms with Crippen molar-refractivity contribution in [2.45, 2.75) is 26.8 Å². The molecule has 0 radical (unpaired) electrons. The number of carbonyl (C=O) groups excluding carboxylic acids is 2. The minimum Gasteiger partial charge on any atom is -0.497 e. The van der Waals surface area contributed by atoms with Crippen molar-refractivity contribution in [3.63, 3.8) is 0 Å². The second kappa shape index (κ2) is 11.2. The number of hydrogen-bond donors (Lipinski definition) is 0. The summed E-state index contributed by atoms with van der Waals surface area (Å²) in [6, 6.07) is 9.91. The van der Waals surface area contributed by atoms with Crippen LogP contribution in [0.5, 0.6) is 11.5 Å². The zero-order valence-electron chi connectivity index (χ0n) is 20.3. The zero-order valence-corrected chi connectivity index (χ0v) is 24.3. The predicted octanol–water partition coefficient (Wildman–Crippen LogP) is 4.26. The molecule has 11 heteroatoms. The van der Waals surface area contributed by atoms with Crippen molar-refractivity contribution in [2.24, 2.45) is 4.99 Å². The second-order valence-electron chi connectivity index (χ2n) is 7.98. The number of ether oxygens (including phenoxy) is 3. The quantitative estimate of drug-likeness (QED) is 0.293. The molecule has 37 heavy (non-hydrogen) atoms. The first-order valence-electron chi connectivity index (χ1n) is 11.2. The van der Waals surface area contributed by atoms with Crippen LogP contribution in [-0.2, 0) is 14.3 Å². The van der Waals surface area contributed by atoms with Crippen molar-refractivity contribution in [3.05, 3.63) is 87.4 Å². The van der Waals surface area contributed by atoms with Crippen LogP contribution >= 0.6 is 43.2 Å². The number of benzene rings is 2. The molecule has 0 spiro atoms. The first-order chi connectivity index (χ1) is 17.6. The third kappa shape index (κ3) is 5.48. The Morgan fingerprint density at radius 2 is 1.89 bits per heavy atom. The maximum atomic E-state index is 13.8. The fourth-order valence-electron chi connectivity index (χ4n) is 3.97. The molecular weight excluding hydrogens is 628 g/mol. The van der Waals surface area contributed by atoms with E-state index in [1.165, 1.54) is 22.8 Å². The Hall–Kier alpha value is -3.02. The Bertz CT molecular complexity index is 1610. The van der Waals surface area contributed by atoms with Crippen LogP contribution in [0.3, 0.4) is 0 Å². The summed E-state index contributed by atoms with van der Waals surface area (Å²) < 4.78 is 19.1. The molecule has 0 unspecified atom stereocenters. The van der Waals surface area contributed by atoms with E-state index in [0.717, 1.165) is 4.47 Å². The summed E-state index contributed by atoms with van der Waals surface area (Å²) in [5.41, 5.74) is 1.64. The van der Waals surface area contributed by atoms with E-state index in [2.05, 4.69) is 36.9 Å². The number of aromatic nitrogens is 1. The van der Waals surface area contributed by atoms with Crippen molar-refractivity contribution in [3.8, 4) is 11.5 Å². The van der Waals surface area contributed by atoms with Gasteiger partial charge in [-0.25, -0.2) is 9.79 Å². The molecule has 0 N–H and O–H groups in total. The first-order valence-corrected chi connectivity index (χ1v) is 13.6. The topological polar surface area (TPSA) is 96.2 Å². The number of allylic oxidation sites excluding steroid dienone is 1. The van der Waals surface area contributed by atoms with E-state index in [4.69, 9.17) is 14.2 Å². The van der Waals surface area contributed by atoms with E-state index in [1.807, 2.05) is 12.1 Å². The third-order valence-electron chi connectivity index (χ3n) is 5.52. The van der Waals surface area contributed by atoms with Gasteiger partial charge in [0.15, 0.2) is 10.6 Å².